The van der Waals surface area contributed by atoms with E-state index in [1.807, 2.05) is 32.0 Å². The number of piperazine rings is 1. The van der Waals surface area contributed by atoms with E-state index in [0.29, 0.717) is 29.4 Å². The van der Waals surface area contributed by atoms with Gasteiger partial charge < -0.3 is 24.6 Å². The number of rotatable bonds is 6. The van der Waals surface area contributed by atoms with Gasteiger partial charge in [-0.05, 0) is 49.2 Å². The number of carbonyl (C=O) groups is 3. The maximum atomic E-state index is 12.6. The van der Waals surface area contributed by atoms with E-state index in [9.17, 15) is 14.4 Å². The minimum Gasteiger partial charge on any atom is -0.497 e. The van der Waals surface area contributed by atoms with E-state index >= 15 is 0 Å². The van der Waals surface area contributed by atoms with Crippen LogP contribution >= 0.6 is 0 Å². The summed E-state index contributed by atoms with van der Waals surface area (Å²) in [6.45, 7) is 4.26. The summed E-state index contributed by atoms with van der Waals surface area (Å²) in [6, 6.07) is 10.7. The summed E-state index contributed by atoms with van der Waals surface area (Å²) in [4.78, 5) is 40.4. The molecule has 2 aromatic carbocycles. The van der Waals surface area contributed by atoms with Gasteiger partial charge in [0.15, 0.2) is 0 Å². The van der Waals surface area contributed by atoms with Crippen LogP contribution in [0, 0.1) is 13.8 Å². The van der Waals surface area contributed by atoms with Crippen molar-refractivity contribution >= 4 is 29.1 Å². The van der Waals surface area contributed by atoms with Gasteiger partial charge in [-0.2, -0.15) is 0 Å². The van der Waals surface area contributed by atoms with Crippen molar-refractivity contribution in [3.8, 4) is 11.5 Å². The van der Waals surface area contributed by atoms with Crippen molar-refractivity contribution in [2.75, 3.05) is 44.1 Å². The highest BCUT2D eigenvalue weighted by Crippen LogP contribution is 2.29. The van der Waals surface area contributed by atoms with Crippen LogP contribution in [0.15, 0.2) is 36.4 Å². The standard InChI is InChI=1S/C22H25N3O5/c1-14-9-15(2)11-16(10-14)25-8-7-24(21(27)22(25)28)13-20(26)23-18-6-5-17(29-3)12-19(18)30-4/h5-6,9-12H,7-8,13H2,1-4H3,(H,23,26). The Morgan fingerprint density at radius 3 is 2.30 bits per heavy atom. The van der Waals surface area contributed by atoms with E-state index in [1.165, 1.54) is 24.0 Å². The zero-order valence-corrected chi connectivity index (χ0v) is 17.5. The van der Waals surface area contributed by atoms with Crippen LogP contribution in [-0.4, -0.2) is 56.5 Å². The predicted octanol–water partition coefficient (Wildman–Crippen LogP) is 2.13. The summed E-state index contributed by atoms with van der Waals surface area (Å²) in [5, 5.41) is 2.71. The van der Waals surface area contributed by atoms with Crippen molar-refractivity contribution in [3.63, 3.8) is 0 Å². The summed E-state index contributed by atoms with van der Waals surface area (Å²) in [7, 11) is 3.02. The highest BCUT2D eigenvalue weighted by Gasteiger charge is 2.34. The summed E-state index contributed by atoms with van der Waals surface area (Å²) in [5.41, 5.74) is 3.18. The van der Waals surface area contributed by atoms with Crippen LogP contribution < -0.4 is 19.7 Å². The first-order valence-electron chi connectivity index (χ1n) is 9.53. The van der Waals surface area contributed by atoms with Crippen molar-refractivity contribution in [3.05, 3.63) is 47.5 Å². The van der Waals surface area contributed by atoms with Gasteiger partial charge in [0, 0.05) is 24.8 Å². The van der Waals surface area contributed by atoms with E-state index in [0.717, 1.165) is 11.1 Å². The van der Waals surface area contributed by atoms with Crippen molar-refractivity contribution in [1.82, 2.24) is 4.90 Å². The fourth-order valence-corrected chi connectivity index (χ4v) is 3.44. The van der Waals surface area contributed by atoms with E-state index in [4.69, 9.17) is 9.47 Å². The molecule has 0 unspecified atom stereocenters. The quantitative estimate of drug-likeness (QED) is 0.736. The first kappa shape index (κ1) is 21.2. The first-order chi connectivity index (χ1) is 14.3. The largest absolute Gasteiger partial charge is 0.497 e. The molecule has 0 spiro atoms. The molecule has 1 fully saturated rings. The summed E-state index contributed by atoms with van der Waals surface area (Å²) in [5.74, 6) is -0.726. The Labute approximate surface area is 175 Å². The van der Waals surface area contributed by atoms with Crippen LogP contribution in [0.3, 0.4) is 0 Å². The molecular weight excluding hydrogens is 386 g/mol. The average molecular weight is 411 g/mol. The summed E-state index contributed by atoms with van der Waals surface area (Å²) >= 11 is 0. The topological polar surface area (TPSA) is 88.2 Å². The van der Waals surface area contributed by atoms with Gasteiger partial charge in [-0.15, -0.1) is 0 Å². The molecule has 1 aliphatic heterocycles. The number of anilines is 2. The number of hydrogen-bond acceptors (Lipinski definition) is 5. The zero-order valence-electron chi connectivity index (χ0n) is 17.5. The van der Waals surface area contributed by atoms with E-state index < -0.39 is 17.7 Å². The summed E-state index contributed by atoms with van der Waals surface area (Å²) < 4.78 is 10.4. The lowest BCUT2D eigenvalue weighted by molar-refractivity contribution is -0.147. The molecule has 1 saturated heterocycles. The number of ether oxygens (including phenoxy) is 2. The highest BCUT2D eigenvalue weighted by molar-refractivity contribution is 6.41. The Kier molecular flexibility index (Phi) is 6.25. The number of hydrogen-bond donors (Lipinski definition) is 1. The second-order valence-corrected chi connectivity index (χ2v) is 7.14. The normalized spacial score (nSPS) is 14.0. The van der Waals surface area contributed by atoms with Crippen LogP contribution in [0.1, 0.15) is 11.1 Å². The van der Waals surface area contributed by atoms with Crippen molar-refractivity contribution < 1.29 is 23.9 Å². The fourth-order valence-electron chi connectivity index (χ4n) is 3.44. The second-order valence-electron chi connectivity index (χ2n) is 7.14. The van der Waals surface area contributed by atoms with Crippen molar-refractivity contribution in [2.24, 2.45) is 0 Å². The average Bonchev–Trinajstić information content (AvgIpc) is 2.71. The smallest absolute Gasteiger partial charge is 0.316 e. The third-order valence-electron chi connectivity index (χ3n) is 4.84. The van der Waals surface area contributed by atoms with Gasteiger partial charge in [-0.3, -0.25) is 14.4 Å². The lowest BCUT2D eigenvalue weighted by Crippen LogP contribution is -2.56. The Hall–Kier alpha value is -3.55. The van der Waals surface area contributed by atoms with Gasteiger partial charge in [0.1, 0.15) is 18.0 Å². The zero-order chi connectivity index (χ0) is 21.8. The number of nitrogens with zero attached hydrogens (tertiary/aromatic N) is 2. The Balaban J connectivity index is 1.66. The Morgan fingerprint density at radius 1 is 0.967 bits per heavy atom. The second kappa shape index (κ2) is 8.86. The fraction of sp³-hybridized carbons (Fsp3) is 0.318. The molecule has 0 atom stereocenters. The Bertz CT molecular complexity index is 968. The molecule has 2 aromatic rings. The summed E-state index contributed by atoms with van der Waals surface area (Å²) in [6.07, 6.45) is 0. The molecule has 1 N–H and O–H groups in total. The number of amides is 3. The van der Waals surface area contributed by atoms with E-state index in [-0.39, 0.29) is 13.1 Å². The number of benzene rings is 2. The molecule has 0 radical (unpaired) electrons. The lowest BCUT2D eigenvalue weighted by Gasteiger charge is -2.33. The molecular formula is C22H25N3O5. The SMILES string of the molecule is COc1ccc(NC(=O)CN2CCN(c3cc(C)cc(C)c3)C(=O)C2=O)c(OC)c1. The first-order valence-corrected chi connectivity index (χ1v) is 9.53. The minimum atomic E-state index is -0.697. The number of methoxy groups -OCH3 is 2. The number of aryl methyl sites for hydroxylation is 2. The maximum absolute atomic E-state index is 12.6. The Morgan fingerprint density at radius 2 is 1.67 bits per heavy atom. The highest BCUT2D eigenvalue weighted by atomic mass is 16.5. The van der Waals surface area contributed by atoms with E-state index in [1.54, 1.807) is 18.2 Å². The molecule has 0 saturated carbocycles. The van der Waals surface area contributed by atoms with Gasteiger partial charge in [0.25, 0.3) is 0 Å². The van der Waals surface area contributed by atoms with Crippen LogP contribution in [0.5, 0.6) is 11.5 Å². The number of carbonyl (C=O) groups excluding carboxylic acids is 3. The van der Waals surface area contributed by atoms with E-state index in [2.05, 4.69) is 5.32 Å². The molecule has 0 aliphatic carbocycles. The van der Waals surface area contributed by atoms with Crippen molar-refractivity contribution in [1.29, 1.82) is 0 Å². The molecule has 8 nitrogen and oxygen atoms in total. The van der Waals surface area contributed by atoms with Gasteiger partial charge in [0.2, 0.25) is 5.91 Å². The van der Waals surface area contributed by atoms with Gasteiger partial charge in [-0.1, -0.05) is 6.07 Å². The van der Waals surface area contributed by atoms with Gasteiger partial charge in [-0.25, -0.2) is 0 Å². The molecule has 3 rings (SSSR count). The molecule has 0 bridgehead atoms. The van der Waals surface area contributed by atoms with Crippen LogP contribution in [0.2, 0.25) is 0 Å². The van der Waals surface area contributed by atoms with Crippen LogP contribution in [0.25, 0.3) is 0 Å². The van der Waals surface area contributed by atoms with Crippen LogP contribution in [-0.2, 0) is 14.4 Å². The lowest BCUT2D eigenvalue weighted by atomic mass is 10.1. The minimum absolute atomic E-state index is 0.222. The molecule has 1 heterocycles. The van der Waals surface area contributed by atoms with Gasteiger partial charge >= 0.3 is 11.8 Å². The van der Waals surface area contributed by atoms with Crippen molar-refractivity contribution in [2.45, 2.75) is 13.8 Å². The molecule has 1 aliphatic rings. The number of nitrogens with one attached hydrogen (secondary N) is 1. The predicted molar refractivity (Wildman–Crippen MR) is 113 cm³/mol. The molecule has 8 heteroatoms. The maximum Gasteiger partial charge on any atom is 0.316 e. The molecule has 30 heavy (non-hydrogen) atoms. The monoisotopic (exact) mass is 411 g/mol. The molecule has 3 amide bonds. The van der Waals surface area contributed by atoms with Gasteiger partial charge in [0.05, 0.1) is 19.9 Å². The third-order valence-corrected chi connectivity index (χ3v) is 4.84. The third kappa shape index (κ3) is 4.53. The molecule has 0 aromatic heterocycles. The molecule has 158 valence electrons. The van der Waals surface area contributed by atoms with Crippen LogP contribution in [0.4, 0.5) is 11.4 Å².